The van der Waals surface area contributed by atoms with E-state index in [0.717, 1.165) is 12.8 Å². The first-order valence-electron chi connectivity index (χ1n) is 5.57. The van der Waals surface area contributed by atoms with E-state index in [4.69, 9.17) is 15.8 Å². The number of nitrogens with zero attached hydrogens (tertiary/aromatic N) is 1. The topological polar surface area (TPSA) is 120 Å². The predicted molar refractivity (Wildman–Crippen MR) is 66.7 cm³/mol. The van der Waals surface area contributed by atoms with Crippen LogP contribution in [0.2, 0.25) is 0 Å². The van der Waals surface area contributed by atoms with E-state index < -0.39 is 21.7 Å². The molecular formula is C10H20N4O2S. The predicted octanol–water partition coefficient (Wildman–Crippen LogP) is 0.190. The zero-order valence-corrected chi connectivity index (χ0v) is 10.9. The summed E-state index contributed by atoms with van der Waals surface area (Å²) in [5, 5.41) is 10.6. The maximum atomic E-state index is 11.7. The van der Waals surface area contributed by atoms with Crippen LogP contribution in [0.4, 0.5) is 0 Å². The Balaban J connectivity index is 4.02. The molecule has 98 valence electrons. The normalized spacial score (nSPS) is 15.6. The molecule has 0 aromatic carbocycles. The molecule has 0 heterocycles. The van der Waals surface area contributed by atoms with Gasteiger partial charge in [-0.3, -0.25) is 9.57 Å². The summed E-state index contributed by atoms with van der Waals surface area (Å²) in [5.41, 5.74) is 5.56. The van der Waals surface area contributed by atoms with Crippen LogP contribution in [0.5, 0.6) is 0 Å². The number of carbonyl (C=O) groups excluding carboxylic acids is 1. The van der Waals surface area contributed by atoms with Gasteiger partial charge in [-0.15, -0.1) is 0 Å². The molecule has 1 amide bonds. The number of nitrogens with one attached hydrogen (secondary N) is 2. The lowest BCUT2D eigenvalue weighted by Crippen LogP contribution is -2.41. The third-order valence-corrected chi connectivity index (χ3v) is 4.11. The zero-order valence-electron chi connectivity index (χ0n) is 10.1. The Kier molecular flexibility index (Phi) is 7.50. The summed E-state index contributed by atoms with van der Waals surface area (Å²) in [6.45, 7) is 1.88. The van der Waals surface area contributed by atoms with Crippen molar-refractivity contribution in [2.75, 3.05) is 18.1 Å². The summed E-state index contributed by atoms with van der Waals surface area (Å²) in [6.07, 6.45) is 1.85. The van der Waals surface area contributed by atoms with Gasteiger partial charge in [0.2, 0.25) is 5.91 Å². The van der Waals surface area contributed by atoms with Gasteiger partial charge in [0.15, 0.2) is 0 Å². The molecule has 0 aliphatic rings. The maximum absolute atomic E-state index is 11.7. The summed E-state index contributed by atoms with van der Waals surface area (Å²) >= 11 is 0. The van der Waals surface area contributed by atoms with E-state index in [1.807, 2.05) is 6.92 Å². The minimum Gasteiger partial charge on any atom is -0.342 e. The van der Waals surface area contributed by atoms with Crippen molar-refractivity contribution in [3.63, 3.8) is 0 Å². The van der Waals surface area contributed by atoms with Crippen molar-refractivity contribution in [1.29, 1.82) is 10.0 Å². The Morgan fingerprint density at radius 1 is 1.59 bits per heavy atom. The minimum atomic E-state index is -2.62. The summed E-state index contributed by atoms with van der Waals surface area (Å²) in [7, 11) is -2.62. The number of nitriles is 1. The number of rotatable bonds is 8. The fourth-order valence-electron chi connectivity index (χ4n) is 1.19. The Hall–Kier alpha value is -1.13. The number of hydrogen-bond donors (Lipinski definition) is 3. The van der Waals surface area contributed by atoms with Crippen LogP contribution in [0.15, 0.2) is 0 Å². The Morgan fingerprint density at radius 2 is 2.24 bits per heavy atom. The molecule has 7 heteroatoms. The number of unbranched alkanes of at least 4 members (excludes halogenated alkanes) is 1. The van der Waals surface area contributed by atoms with Gasteiger partial charge in [0.05, 0.1) is 12.1 Å². The lowest BCUT2D eigenvalue weighted by Gasteiger charge is -2.12. The van der Waals surface area contributed by atoms with Crippen molar-refractivity contribution in [1.82, 2.24) is 5.32 Å². The van der Waals surface area contributed by atoms with Crippen LogP contribution >= 0.6 is 0 Å². The molecule has 0 aliphatic heterocycles. The fourth-order valence-corrected chi connectivity index (χ4v) is 2.78. The van der Waals surface area contributed by atoms with Crippen LogP contribution in [0.3, 0.4) is 0 Å². The SMILES string of the molecule is CCCCS(=N)(=O)CC[C@H](N)C(=O)NCC#N. The van der Waals surface area contributed by atoms with Gasteiger partial charge < -0.3 is 11.1 Å². The highest BCUT2D eigenvalue weighted by Crippen LogP contribution is 2.02. The monoisotopic (exact) mass is 260 g/mol. The molecule has 0 spiro atoms. The van der Waals surface area contributed by atoms with Crippen LogP contribution < -0.4 is 11.1 Å². The highest BCUT2D eigenvalue weighted by molar-refractivity contribution is 7.92. The van der Waals surface area contributed by atoms with Crippen molar-refractivity contribution >= 4 is 15.6 Å². The quantitative estimate of drug-likeness (QED) is 0.539. The smallest absolute Gasteiger partial charge is 0.237 e. The van der Waals surface area contributed by atoms with Gasteiger partial charge in [0, 0.05) is 21.2 Å². The highest BCUT2D eigenvalue weighted by Gasteiger charge is 2.15. The largest absolute Gasteiger partial charge is 0.342 e. The van der Waals surface area contributed by atoms with E-state index in [9.17, 15) is 9.00 Å². The summed E-state index contributed by atoms with van der Waals surface area (Å²) in [5.74, 6) is 0.0571. The van der Waals surface area contributed by atoms with Crippen molar-refractivity contribution in [2.45, 2.75) is 32.2 Å². The van der Waals surface area contributed by atoms with Crippen molar-refractivity contribution in [3.8, 4) is 6.07 Å². The molecule has 1 unspecified atom stereocenters. The Labute approximate surface area is 103 Å². The molecule has 4 N–H and O–H groups in total. The van der Waals surface area contributed by atoms with Crippen molar-refractivity contribution < 1.29 is 9.00 Å². The first kappa shape index (κ1) is 15.9. The first-order valence-corrected chi connectivity index (χ1v) is 7.47. The van der Waals surface area contributed by atoms with Crippen molar-refractivity contribution in [3.05, 3.63) is 0 Å². The third kappa shape index (κ3) is 7.71. The van der Waals surface area contributed by atoms with Gasteiger partial charge in [-0.1, -0.05) is 13.3 Å². The van der Waals surface area contributed by atoms with Crippen LogP contribution in [0, 0.1) is 16.1 Å². The van der Waals surface area contributed by atoms with Crippen LogP contribution in [-0.2, 0) is 14.5 Å². The summed E-state index contributed by atoms with van der Waals surface area (Å²) in [4.78, 5) is 11.3. The van der Waals surface area contributed by atoms with E-state index in [1.165, 1.54) is 0 Å². The Morgan fingerprint density at radius 3 is 2.76 bits per heavy atom. The van der Waals surface area contributed by atoms with Crippen molar-refractivity contribution in [2.24, 2.45) is 5.73 Å². The molecule has 0 saturated carbocycles. The van der Waals surface area contributed by atoms with Gasteiger partial charge in [0.25, 0.3) is 0 Å². The van der Waals surface area contributed by atoms with Gasteiger partial charge in [-0.25, -0.2) is 4.21 Å². The van der Waals surface area contributed by atoms with Gasteiger partial charge >= 0.3 is 0 Å². The standard InChI is InChI=1S/C10H20N4O2S/c1-2-3-7-17(13,16)8-4-9(12)10(15)14-6-5-11/h9,13H,2-4,6-8,12H2,1H3,(H,14,15)/t9-,17?/m0/s1. The number of nitrogens with two attached hydrogens (primary N) is 1. The average Bonchev–Trinajstić information content (AvgIpc) is 2.30. The maximum Gasteiger partial charge on any atom is 0.237 e. The van der Waals surface area contributed by atoms with E-state index in [-0.39, 0.29) is 18.7 Å². The molecule has 0 aliphatic carbocycles. The molecule has 0 fully saturated rings. The lowest BCUT2D eigenvalue weighted by atomic mass is 10.2. The fraction of sp³-hybridized carbons (Fsp3) is 0.800. The van der Waals surface area contributed by atoms with Gasteiger partial charge in [-0.2, -0.15) is 5.26 Å². The number of amides is 1. The van der Waals surface area contributed by atoms with Gasteiger partial charge in [-0.05, 0) is 12.8 Å². The molecule has 0 aromatic heterocycles. The molecular weight excluding hydrogens is 240 g/mol. The molecule has 0 aromatic rings. The van der Waals surface area contributed by atoms with E-state index in [0.29, 0.717) is 5.75 Å². The Bertz CT molecular complexity index is 372. The van der Waals surface area contributed by atoms with Crippen LogP contribution in [0.25, 0.3) is 0 Å². The number of carbonyl (C=O) groups is 1. The molecule has 0 rings (SSSR count). The van der Waals surface area contributed by atoms with E-state index in [1.54, 1.807) is 6.07 Å². The highest BCUT2D eigenvalue weighted by atomic mass is 32.2. The van der Waals surface area contributed by atoms with Crippen LogP contribution in [-0.4, -0.2) is 34.2 Å². The molecule has 17 heavy (non-hydrogen) atoms. The lowest BCUT2D eigenvalue weighted by molar-refractivity contribution is -0.122. The third-order valence-electron chi connectivity index (χ3n) is 2.26. The second-order valence-corrected chi connectivity index (χ2v) is 6.28. The van der Waals surface area contributed by atoms with Gasteiger partial charge in [0.1, 0.15) is 6.54 Å². The first-order chi connectivity index (χ1) is 7.93. The molecule has 0 radical (unpaired) electrons. The van der Waals surface area contributed by atoms with Crippen LogP contribution in [0.1, 0.15) is 26.2 Å². The summed E-state index contributed by atoms with van der Waals surface area (Å²) in [6, 6.07) is 0.977. The van der Waals surface area contributed by atoms with E-state index in [2.05, 4.69) is 5.32 Å². The summed E-state index contributed by atoms with van der Waals surface area (Å²) < 4.78 is 19.3. The average molecular weight is 260 g/mol. The molecule has 6 nitrogen and oxygen atoms in total. The molecule has 0 bridgehead atoms. The molecule has 2 atom stereocenters. The zero-order chi connectivity index (χ0) is 13.3. The second-order valence-electron chi connectivity index (χ2n) is 3.84. The number of hydrogen-bond acceptors (Lipinski definition) is 5. The molecule has 0 saturated heterocycles. The second kappa shape index (κ2) is 8.03. The minimum absolute atomic E-state index is 0.0847. The van der Waals surface area contributed by atoms with E-state index >= 15 is 0 Å².